The van der Waals surface area contributed by atoms with Gasteiger partial charge in [-0.1, -0.05) is 53.2 Å². The molecule has 1 N–H and O–H groups in total. The first-order valence-electron chi connectivity index (χ1n) is 8.49. The van der Waals surface area contributed by atoms with Crippen LogP contribution in [-0.2, 0) is 12.6 Å². The summed E-state index contributed by atoms with van der Waals surface area (Å²) >= 11 is 5.98. The number of carbonyl (C=O) groups is 1. The van der Waals surface area contributed by atoms with Gasteiger partial charge in [-0.15, -0.1) is 5.10 Å². The van der Waals surface area contributed by atoms with Crippen LogP contribution in [-0.4, -0.2) is 32.8 Å². The fourth-order valence-electron chi connectivity index (χ4n) is 3.43. The van der Waals surface area contributed by atoms with E-state index >= 15 is 0 Å². The van der Waals surface area contributed by atoms with Crippen LogP contribution in [0.4, 0.5) is 13.2 Å². The SMILES string of the molecule is O=C(c1cccc(C(F)(F)F)c1Cl)N1CCc2[nH]nnc2C1c1ccccc1. The Morgan fingerprint density at radius 1 is 1.14 bits per heavy atom. The molecular weight excluding hydrogens is 393 g/mol. The third kappa shape index (κ3) is 3.13. The molecular formula is C19H14ClF3N4O. The van der Waals surface area contributed by atoms with E-state index in [-0.39, 0.29) is 5.56 Å². The maximum absolute atomic E-state index is 13.2. The third-order valence-corrected chi connectivity index (χ3v) is 5.14. The molecule has 0 saturated heterocycles. The predicted octanol–water partition coefficient (Wildman–Crippen LogP) is 4.26. The molecule has 28 heavy (non-hydrogen) atoms. The molecule has 0 saturated carbocycles. The van der Waals surface area contributed by atoms with Gasteiger partial charge in [-0.3, -0.25) is 9.89 Å². The second-order valence-corrected chi connectivity index (χ2v) is 6.78. The zero-order chi connectivity index (χ0) is 19.9. The van der Waals surface area contributed by atoms with Crippen molar-refractivity contribution in [3.63, 3.8) is 0 Å². The van der Waals surface area contributed by atoms with Crippen LogP contribution < -0.4 is 0 Å². The van der Waals surface area contributed by atoms with E-state index in [2.05, 4.69) is 15.4 Å². The van der Waals surface area contributed by atoms with Crippen molar-refractivity contribution < 1.29 is 18.0 Å². The summed E-state index contributed by atoms with van der Waals surface area (Å²) in [5, 5.41) is 10.2. The lowest BCUT2D eigenvalue weighted by molar-refractivity contribution is -0.137. The number of nitrogens with one attached hydrogen (secondary N) is 1. The molecule has 0 spiro atoms. The Morgan fingerprint density at radius 2 is 1.89 bits per heavy atom. The van der Waals surface area contributed by atoms with E-state index in [1.165, 1.54) is 17.0 Å². The average molecular weight is 407 g/mol. The number of rotatable bonds is 2. The van der Waals surface area contributed by atoms with Crippen molar-refractivity contribution in [2.75, 3.05) is 6.54 Å². The molecule has 2 heterocycles. The first-order valence-corrected chi connectivity index (χ1v) is 8.87. The number of halogens is 4. The second kappa shape index (κ2) is 6.94. The van der Waals surface area contributed by atoms with Crippen LogP contribution in [0.2, 0.25) is 5.02 Å². The summed E-state index contributed by atoms with van der Waals surface area (Å²) in [7, 11) is 0. The van der Waals surface area contributed by atoms with Crippen molar-refractivity contribution in [3.8, 4) is 0 Å². The van der Waals surface area contributed by atoms with Gasteiger partial charge >= 0.3 is 6.18 Å². The van der Waals surface area contributed by atoms with Gasteiger partial charge in [0.05, 0.1) is 21.8 Å². The van der Waals surface area contributed by atoms with Crippen molar-refractivity contribution in [1.82, 2.24) is 20.3 Å². The predicted molar refractivity (Wildman–Crippen MR) is 95.9 cm³/mol. The number of nitrogens with zero attached hydrogens (tertiary/aromatic N) is 3. The zero-order valence-corrected chi connectivity index (χ0v) is 15.1. The van der Waals surface area contributed by atoms with Crippen molar-refractivity contribution in [2.45, 2.75) is 18.6 Å². The van der Waals surface area contributed by atoms with Gasteiger partial charge in [0.25, 0.3) is 5.91 Å². The second-order valence-electron chi connectivity index (χ2n) is 6.40. The molecule has 2 aromatic carbocycles. The lowest BCUT2D eigenvalue weighted by Crippen LogP contribution is -2.41. The quantitative estimate of drug-likeness (QED) is 0.691. The Hall–Kier alpha value is -2.87. The molecule has 4 rings (SSSR count). The highest BCUT2D eigenvalue weighted by molar-refractivity contribution is 6.34. The van der Waals surface area contributed by atoms with Crippen molar-refractivity contribution in [2.24, 2.45) is 0 Å². The van der Waals surface area contributed by atoms with Crippen LogP contribution in [0.15, 0.2) is 48.5 Å². The molecule has 1 aliphatic heterocycles. The maximum atomic E-state index is 13.2. The molecule has 1 unspecified atom stereocenters. The van der Waals surface area contributed by atoms with E-state index in [1.54, 1.807) is 0 Å². The van der Waals surface area contributed by atoms with Gasteiger partial charge in [0.15, 0.2) is 0 Å². The lowest BCUT2D eigenvalue weighted by Gasteiger charge is -2.35. The van der Waals surface area contributed by atoms with Crippen molar-refractivity contribution in [1.29, 1.82) is 0 Å². The Morgan fingerprint density at radius 3 is 2.61 bits per heavy atom. The Kier molecular flexibility index (Phi) is 4.58. The van der Waals surface area contributed by atoms with Crippen molar-refractivity contribution >= 4 is 17.5 Å². The first-order chi connectivity index (χ1) is 13.4. The number of H-pyrrole nitrogens is 1. The van der Waals surface area contributed by atoms with Crippen LogP contribution in [0.1, 0.15) is 38.9 Å². The highest BCUT2D eigenvalue weighted by atomic mass is 35.5. The molecule has 0 aliphatic carbocycles. The van der Waals surface area contributed by atoms with Crippen molar-refractivity contribution in [3.05, 3.63) is 81.6 Å². The number of fused-ring (bicyclic) bond motifs is 1. The molecule has 9 heteroatoms. The number of benzene rings is 2. The smallest absolute Gasteiger partial charge is 0.325 e. The van der Waals surface area contributed by atoms with Crippen LogP contribution >= 0.6 is 11.6 Å². The number of aromatic nitrogens is 3. The zero-order valence-electron chi connectivity index (χ0n) is 14.4. The normalized spacial score (nSPS) is 16.7. The molecule has 3 aromatic rings. The Balaban J connectivity index is 1.79. The van der Waals surface area contributed by atoms with Crippen LogP contribution in [0, 0.1) is 0 Å². The van der Waals surface area contributed by atoms with E-state index in [1.807, 2.05) is 30.3 Å². The highest BCUT2D eigenvalue weighted by Gasteiger charge is 2.38. The fraction of sp³-hybridized carbons (Fsp3) is 0.211. The number of amides is 1. The number of aromatic amines is 1. The molecule has 5 nitrogen and oxygen atoms in total. The number of hydrogen-bond acceptors (Lipinski definition) is 3. The van der Waals surface area contributed by atoms with Crippen LogP contribution in [0.25, 0.3) is 0 Å². The Bertz CT molecular complexity index is 1020. The molecule has 1 aliphatic rings. The van der Waals surface area contributed by atoms with Gasteiger partial charge in [-0.25, -0.2) is 0 Å². The van der Waals surface area contributed by atoms with Gasteiger partial charge in [0, 0.05) is 13.0 Å². The topological polar surface area (TPSA) is 61.9 Å². The molecule has 1 atom stereocenters. The van der Waals surface area contributed by atoms with Crippen LogP contribution in [0.5, 0.6) is 0 Å². The van der Waals surface area contributed by atoms with E-state index < -0.39 is 28.7 Å². The number of carbonyl (C=O) groups excluding carboxylic acids is 1. The van der Waals surface area contributed by atoms with Gasteiger partial charge in [0.2, 0.25) is 0 Å². The molecule has 0 bridgehead atoms. The monoisotopic (exact) mass is 406 g/mol. The van der Waals surface area contributed by atoms with E-state index in [0.29, 0.717) is 18.7 Å². The minimum Gasteiger partial charge on any atom is -0.325 e. The average Bonchev–Trinajstić information content (AvgIpc) is 3.15. The Labute approximate surface area is 163 Å². The van der Waals surface area contributed by atoms with E-state index in [9.17, 15) is 18.0 Å². The summed E-state index contributed by atoms with van der Waals surface area (Å²) in [5.74, 6) is -0.585. The molecule has 1 amide bonds. The fourth-order valence-corrected chi connectivity index (χ4v) is 3.75. The summed E-state index contributed by atoms with van der Waals surface area (Å²) < 4.78 is 39.6. The minimum atomic E-state index is -4.65. The minimum absolute atomic E-state index is 0.190. The molecule has 144 valence electrons. The number of hydrogen-bond donors (Lipinski definition) is 1. The van der Waals surface area contributed by atoms with E-state index in [0.717, 1.165) is 17.3 Å². The first kappa shape index (κ1) is 18.5. The summed E-state index contributed by atoms with van der Waals surface area (Å²) in [6.07, 6.45) is -4.18. The third-order valence-electron chi connectivity index (χ3n) is 4.74. The number of alkyl halides is 3. The van der Waals surface area contributed by atoms with Gasteiger partial charge in [0.1, 0.15) is 11.7 Å². The van der Waals surface area contributed by atoms with Gasteiger partial charge < -0.3 is 4.90 Å². The standard InChI is InChI=1S/C19H14ClF3N4O/c20-15-12(7-4-8-13(15)19(21,22)23)18(28)27-10-9-14-16(25-26-24-14)17(27)11-5-2-1-3-6-11/h1-8,17H,9-10H2,(H,24,25,26). The largest absolute Gasteiger partial charge is 0.417 e. The summed E-state index contributed by atoms with van der Waals surface area (Å²) in [6.45, 7) is 0.293. The highest BCUT2D eigenvalue weighted by Crippen LogP contribution is 2.39. The summed E-state index contributed by atoms with van der Waals surface area (Å²) in [6, 6.07) is 11.9. The van der Waals surface area contributed by atoms with Gasteiger partial charge in [-0.05, 0) is 17.7 Å². The lowest BCUT2D eigenvalue weighted by atomic mass is 9.94. The van der Waals surface area contributed by atoms with E-state index in [4.69, 9.17) is 11.6 Å². The molecule has 0 radical (unpaired) electrons. The summed E-state index contributed by atoms with van der Waals surface area (Å²) in [5.41, 5.74) is 0.940. The molecule has 1 aromatic heterocycles. The maximum Gasteiger partial charge on any atom is 0.417 e. The summed E-state index contributed by atoms with van der Waals surface area (Å²) in [4.78, 5) is 14.7. The van der Waals surface area contributed by atoms with Gasteiger partial charge in [-0.2, -0.15) is 13.2 Å². The van der Waals surface area contributed by atoms with Crippen LogP contribution in [0.3, 0.4) is 0 Å². The molecule has 0 fully saturated rings.